The predicted octanol–water partition coefficient (Wildman–Crippen LogP) is 6.17. The molecule has 0 radical (unpaired) electrons. The second kappa shape index (κ2) is 8.18. The van der Waals surface area contributed by atoms with Gasteiger partial charge in [-0.05, 0) is 50.4 Å². The van der Waals surface area contributed by atoms with Crippen molar-refractivity contribution in [3.8, 4) is 0 Å². The molecule has 1 nitrogen and oxygen atoms in total. The van der Waals surface area contributed by atoms with Crippen molar-refractivity contribution in [2.24, 2.45) is 11.8 Å². The highest BCUT2D eigenvalue weighted by atomic mass is 15.2. The Kier molecular flexibility index (Phi) is 6.24. The maximum absolute atomic E-state index is 3.12. The molecule has 0 aromatic rings. The minimum absolute atomic E-state index is 0.891. The third-order valence-electron chi connectivity index (χ3n) is 7.04. The van der Waals surface area contributed by atoms with Crippen LogP contribution in [0.3, 0.4) is 0 Å². The van der Waals surface area contributed by atoms with Crippen molar-refractivity contribution in [2.75, 3.05) is 0 Å². The van der Waals surface area contributed by atoms with Crippen LogP contribution in [0.1, 0.15) is 104 Å². The van der Waals surface area contributed by atoms with Crippen molar-refractivity contribution < 1.29 is 0 Å². The average Bonchev–Trinajstić information content (AvgIpc) is 2.57. The molecular weight excluding hydrogens is 266 g/mol. The van der Waals surface area contributed by atoms with Gasteiger partial charge in [-0.1, -0.05) is 65.2 Å². The first-order valence-electron chi connectivity index (χ1n) is 10.5. The summed E-state index contributed by atoms with van der Waals surface area (Å²) in [4.78, 5) is 3.12. The first-order valence-corrected chi connectivity index (χ1v) is 10.5. The molecular formula is C21H39N. The van der Waals surface area contributed by atoms with Crippen molar-refractivity contribution >= 4 is 0 Å². The van der Waals surface area contributed by atoms with Gasteiger partial charge in [-0.25, -0.2) is 0 Å². The van der Waals surface area contributed by atoms with Gasteiger partial charge < -0.3 is 0 Å². The Morgan fingerprint density at radius 1 is 0.591 bits per heavy atom. The zero-order valence-corrected chi connectivity index (χ0v) is 15.2. The molecule has 0 heterocycles. The summed E-state index contributed by atoms with van der Waals surface area (Å²) in [5.74, 6) is 1.88. The Morgan fingerprint density at radius 3 is 1.59 bits per heavy atom. The highest BCUT2D eigenvalue weighted by molar-refractivity contribution is 4.91. The van der Waals surface area contributed by atoms with Crippen LogP contribution in [0.5, 0.6) is 0 Å². The van der Waals surface area contributed by atoms with E-state index in [1.807, 2.05) is 0 Å². The van der Waals surface area contributed by atoms with Gasteiger partial charge in [-0.3, -0.25) is 4.90 Å². The Bertz CT molecular complexity index is 294. The fraction of sp³-hybridized carbons (Fsp3) is 1.00. The van der Waals surface area contributed by atoms with Crippen LogP contribution in [-0.4, -0.2) is 23.0 Å². The van der Waals surface area contributed by atoms with Crippen LogP contribution >= 0.6 is 0 Å². The second-order valence-corrected chi connectivity index (χ2v) is 8.86. The van der Waals surface area contributed by atoms with Crippen LogP contribution in [0.15, 0.2) is 0 Å². The van der Waals surface area contributed by atoms with Gasteiger partial charge in [0.1, 0.15) is 0 Å². The first-order chi connectivity index (χ1) is 10.8. The van der Waals surface area contributed by atoms with Gasteiger partial charge in [0.05, 0.1) is 0 Å². The smallest absolute Gasteiger partial charge is 0.0104 e. The summed E-state index contributed by atoms with van der Waals surface area (Å²) in [5, 5.41) is 0. The number of rotatable bonds is 4. The lowest BCUT2D eigenvalue weighted by Gasteiger charge is -2.49. The molecule has 0 saturated heterocycles. The monoisotopic (exact) mass is 305 g/mol. The van der Waals surface area contributed by atoms with Gasteiger partial charge in [0.2, 0.25) is 0 Å². The molecule has 3 aliphatic carbocycles. The van der Waals surface area contributed by atoms with Crippen molar-refractivity contribution in [1.29, 1.82) is 0 Å². The Morgan fingerprint density at radius 2 is 1.09 bits per heavy atom. The molecule has 3 fully saturated rings. The zero-order chi connectivity index (χ0) is 15.4. The molecule has 3 saturated carbocycles. The Balaban J connectivity index is 1.71. The van der Waals surface area contributed by atoms with Crippen LogP contribution in [0.2, 0.25) is 0 Å². The van der Waals surface area contributed by atoms with E-state index in [-0.39, 0.29) is 0 Å². The summed E-state index contributed by atoms with van der Waals surface area (Å²) in [5.41, 5.74) is 0. The molecule has 3 aliphatic rings. The van der Waals surface area contributed by atoms with Crippen LogP contribution in [-0.2, 0) is 0 Å². The summed E-state index contributed by atoms with van der Waals surface area (Å²) < 4.78 is 0. The second-order valence-electron chi connectivity index (χ2n) is 8.86. The van der Waals surface area contributed by atoms with E-state index in [2.05, 4.69) is 18.7 Å². The van der Waals surface area contributed by atoms with Gasteiger partial charge in [0.25, 0.3) is 0 Å². The molecule has 22 heavy (non-hydrogen) atoms. The quantitative estimate of drug-likeness (QED) is 0.600. The molecule has 0 aromatic heterocycles. The van der Waals surface area contributed by atoms with Crippen LogP contribution in [0.4, 0.5) is 0 Å². The van der Waals surface area contributed by atoms with E-state index in [1.54, 1.807) is 0 Å². The molecule has 0 aliphatic heterocycles. The normalized spacial score (nSPS) is 32.7. The van der Waals surface area contributed by atoms with Gasteiger partial charge in [0.15, 0.2) is 0 Å². The molecule has 128 valence electrons. The van der Waals surface area contributed by atoms with E-state index >= 15 is 0 Å². The van der Waals surface area contributed by atoms with Crippen molar-refractivity contribution in [1.82, 2.24) is 4.90 Å². The fourth-order valence-corrected chi connectivity index (χ4v) is 5.73. The number of nitrogens with zero attached hydrogens (tertiary/aromatic N) is 1. The van der Waals surface area contributed by atoms with Crippen molar-refractivity contribution in [3.63, 3.8) is 0 Å². The van der Waals surface area contributed by atoms with E-state index in [9.17, 15) is 0 Å². The topological polar surface area (TPSA) is 3.24 Å². The van der Waals surface area contributed by atoms with Gasteiger partial charge in [-0.15, -0.1) is 0 Å². The van der Waals surface area contributed by atoms with Crippen molar-refractivity contribution in [3.05, 3.63) is 0 Å². The number of hydrogen-bond donors (Lipinski definition) is 0. The molecule has 2 unspecified atom stereocenters. The third-order valence-corrected chi connectivity index (χ3v) is 7.04. The standard InChI is InChI=1S/C21H39N/c1-17(2)18-10-9-15-21(16-18)22(19-11-5-3-6-12-19)20-13-7-4-8-14-20/h17-21H,3-16H2,1-2H3. The summed E-state index contributed by atoms with van der Waals surface area (Å²) in [7, 11) is 0. The summed E-state index contributed by atoms with van der Waals surface area (Å²) >= 11 is 0. The van der Waals surface area contributed by atoms with E-state index in [4.69, 9.17) is 0 Å². The van der Waals surface area contributed by atoms with E-state index in [0.29, 0.717) is 0 Å². The molecule has 0 bridgehead atoms. The van der Waals surface area contributed by atoms with Gasteiger partial charge in [-0.2, -0.15) is 0 Å². The lowest BCUT2D eigenvalue weighted by atomic mass is 9.76. The molecule has 0 amide bonds. The average molecular weight is 306 g/mol. The minimum atomic E-state index is 0.891. The van der Waals surface area contributed by atoms with E-state index in [0.717, 1.165) is 30.0 Å². The molecule has 2 atom stereocenters. The Hall–Kier alpha value is -0.0400. The van der Waals surface area contributed by atoms with Crippen LogP contribution in [0, 0.1) is 11.8 Å². The first kappa shape index (κ1) is 16.8. The highest BCUT2D eigenvalue weighted by Crippen LogP contribution is 2.39. The maximum Gasteiger partial charge on any atom is 0.0104 e. The van der Waals surface area contributed by atoms with Crippen LogP contribution in [0.25, 0.3) is 0 Å². The lowest BCUT2D eigenvalue weighted by molar-refractivity contribution is 0.00737. The van der Waals surface area contributed by atoms with Crippen LogP contribution < -0.4 is 0 Å². The third kappa shape index (κ3) is 4.08. The zero-order valence-electron chi connectivity index (χ0n) is 15.2. The summed E-state index contributed by atoms with van der Waals surface area (Å²) in [6.45, 7) is 4.91. The molecule has 3 rings (SSSR count). The van der Waals surface area contributed by atoms with E-state index in [1.165, 1.54) is 89.9 Å². The van der Waals surface area contributed by atoms with Gasteiger partial charge in [0, 0.05) is 18.1 Å². The lowest BCUT2D eigenvalue weighted by Crippen LogP contribution is -2.52. The predicted molar refractivity (Wildman–Crippen MR) is 96.2 cm³/mol. The Labute approximate surface area is 139 Å². The maximum atomic E-state index is 3.12. The van der Waals surface area contributed by atoms with Gasteiger partial charge >= 0.3 is 0 Å². The number of hydrogen-bond acceptors (Lipinski definition) is 1. The highest BCUT2D eigenvalue weighted by Gasteiger charge is 2.36. The molecule has 0 spiro atoms. The fourth-order valence-electron chi connectivity index (χ4n) is 5.73. The molecule has 0 aromatic carbocycles. The summed E-state index contributed by atoms with van der Waals surface area (Å²) in [6, 6.07) is 2.80. The summed E-state index contributed by atoms with van der Waals surface area (Å²) in [6.07, 6.45) is 21.0. The largest absolute Gasteiger partial charge is 0.294 e. The molecule has 1 heteroatoms. The van der Waals surface area contributed by atoms with E-state index < -0.39 is 0 Å². The SMILES string of the molecule is CC(C)C1CCCC(N(C2CCCCC2)C2CCCCC2)C1. The minimum Gasteiger partial charge on any atom is -0.294 e. The van der Waals surface area contributed by atoms with Crippen molar-refractivity contribution in [2.45, 2.75) is 122 Å². The molecule has 0 N–H and O–H groups in total.